The van der Waals surface area contributed by atoms with Crippen molar-refractivity contribution in [1.29, 1.82) is 0 Å². The molecule has 0 saturated carbocycles. The van der Waals surface area contributed by atoms with Gasteiger partial charge in [0, 0.05) is 11.8 Å². The van der Waals surface area contributed by atoms with Crippen LogP contribution in [0.4, 0.5) is 0 Å². The Kier molecular flexibility index (Phi) is 3.19. The van der Waals surface area contributed by atoms with Crippen molar-refractivity contribution in [3.05, 3.63) is 106 Å². The molecule has 3 aromatic carbocycles. The van der Waals surface area contributed by atoms with Gasteiger partial charge in [0.2, 0.25) is 5.96 Å². The van der Waals surface area contributed by atoms with Gasteiger partial charge in [-0.25, -0.2) is 0 Å². The minimum absolute atomic E-state index is 0.0406. The SMILES string of the molecule is NC(N)=NN=Cc1ccc2c(c1)C1c3ccccc3C2c2ccccc21. The molecule has 0 heterocycles. The van der Waals surface area contributed by atoms with Crippen molar-refractivity contribution in [2.24, 2.45) is 21.7 Å². The van der Waals surface area contributed by atoms with Crippen LogP contribution in [0.15, 0.2) is 76.9 Å². The summed E-state index contributed by atoms with van der Waals surface area (Å²) in [7, 11) is 0. The molecule has 4 nitrogen and oxygen atoms in total. The van der Waals surface area contributed by atoms with Gasteiger partial charge in [-0.15, -0.1) is 5.10 Å². The maximum atomic E-state index is 5.34. The summed E-state index contributed by atoms with van der Waals surface area (Å²) in [6, 6.07) is 24.1. The summed E-state index contributed by atoms with van der Waals surface area (Å²) in [6.07, 6.45) is 1.69. The van der Waals surface area contributed by atoms with Gasteiger partial charge in [-0.05, 0) is 45.0 Å². The van der Waals surface area contributed by atoms with Crippen LogP contribution in [0.25, 0.3) is 0 Å². The quantitative estimate of drug-likeness (QED) is 0.294. The maximum Gasteiger partial charge on any atom is 0.211 e. The Morgan fingerprint density at radius 3 is 1.73 bits per heavy atom. The molecule has 3 aliphatic carbocycles. The zero-order valence-electron chi connectivity index (χ0n) is 14.1. The van der Waals surface area contributed by atoms with E-state index >= 15 is 0 Å². The van der Waals surface area contributed by atoms with Crippen molar-refractivity contribution in [1.82, 2.24) is 0 Å². The molecule has 0 aliphatic heterocycles. The molecule has 0 aromatic heterocycles. The monoisotopic (exact) mass is 338 g/mol. The highest BCUT2D eigenvalue weighted by molar-refractivity contribution is 5.83. The first kappa shape index (κ1) is 14.9. The van der Waals surface area contributed by atoms with E-state index in [1.807, 2.05) is 0 Å². The van der Waals surface area contributed by atoms with Crippen molar-refractivity contribution in [2.45, 2.75) is 11.8 Å². The van der Waals surface area contributed by atoms with E-state index in [0.717, 1.165) is 5.56 Å². The minimum atomic E-state index is -0.0406. The molecule has 4 N–H and O–H groups in total. The van der Waals surface area contributed by atoms with E-state index in [-0.39, 0.29) is 11.9 Å². The predicted molar refractivity (Wildman–Crippen MR) is 105 cm³/mol. The van der Waals surface area contributed by atoms with Crippen molar-refractivity contribution in [3.8, 4) is 0 Å². The van der Waals surface area contributed by atoms with Gasteiger partial charge in [0.1, 0.15) is 0 Å². The Bertz CT molecular complexity index is 1030. The summed E-state index contributed by atoms with van der Waals surface area (Å²) in [6.45, 7) is 0. The molecule has 6 rings (SSSR count). The van der Waals surface area contributed by atoms with Gasteiger partial charge in [-0.1, -0.05) is 60.7 Å². The summed E-state index contributed by atoms with van der Waals surface area (Å²) in [5.41, 5.74) is 20.1. The molecule has 0 spiro atoms. The molecule has 3 aliphatic rings. The Hall–Kier alpha value is -3.40. The molecule has 126 valence electrons. The fraction of sp³-hybridized carbons (Fsp3) is 0.0909. The molecule has 2 bridgehead atoms. The van der Waals surface area contributed by atoms with E-state index < -0.39 is 0 Å². The largest absolute Gasteiger partial charge is 0.369 e. The lowest BCUT2D eigenvalue weighted by Crippen LogP contribution is -2.27. The Balaban J connectivity index is 1.70. The van der Waals surface area contributed by atoms with Crippen LogP contribution in [0.5, 0.6) is 0 Å². The van der Waals surface area contributed by atoms with Crippen LogP contribution < -0.4 is 11.5 Å². The summed E-state index contributed by atoms with van der Waals surface area (Å²) >= 11 is 0. The van der Waals surface area contributed by atoms with Gasteiger partial charge < -0.3 is 11.5 Å². The first-order valence-corrected chi connectivity index (χ1v) is 8.67. The van der Waals surface area contributed by atoms with Crippen LogP contribution >= 0.6 is 0 Å². The second-order valence-corrected chi connectivity index (χ2v) is 6.78. The van der Waals surface area contributed by atoms with E-state index in [4.69, 9.17) is 11.5 Å². The summed E-state index contributed by atoms with van der Waals surface area (Å²) in [5.74, 6) is 0.519. The zero-order valence-corrected chi connectivity index (χ0v) is 14.1. The maximum absolute atomic E-state index is 5.34. The molecule has 0 unspecified atom stereocenters. The summed E-state index contributed by atoms with van der Waals surface area (Å²) < 4.78 is 0. The molecule has 0 radical (unpaired) electrons. The third-order valence-corrected chi connectivity index (χ3v) is 5.35. The molecule has 0 saturated heterocycles. The van der Waals surface area contributed by atoms with Crippen LogP contribution in [0, 0.1) is 0 Å². The van der Waals surface area contributed by atoms with E-state index in [1.54, 1.807) is 6.21 Å². The van der Waals surface area contributed by atoms with Gasteiger partial charge in [0.15, 0.2) is 0 Å². The third-order valence-electron chi connectivity index (χ3n) is 5.35. The van der Waals surface area contributed by atoms with Gasteiger partial charge >= 0.3 is 0 Å². The van der Waals surface area contributed by atoms with E-state index in [2.05, 4.69) is 76.9 Å². The standard InChI is InChI=1S/C22H18N4/c23-22(24)26-25-12-13-9-10-18-19(11-13)21-16-7-3-1-5-14(16)20(18)15-6-2-4-8-17(15)21/h1-12,20-21H,(H4,23,24,26). The van der Waals surface area contributed by atoms with Crippen LogP contribution in [0.1, 0.15) is 50.8 Å². The van der Waals surface area contributed by atoms with E-state index in [9.17, 15) is 0 Å². The van der Waals surface area contributed by atoms with Gasteiger partial charge in [-0.3, -0.25) is 0 Å². The molecule has 26 heavy (non-hydrogen) atoms. The fourth-order valence-corrected chi connectivity index (χ4v) is 4.43. The highest BCUT2D eigenvalue weighted by atomic mass is 15.3. The zero-order chi connectivity index (χ0) is 17.7. The van der Waals surface area contributed by atoms with Gasteiger partial charge in [0.05, 0.1) is 6.21 Å². The van der Waals surface area contributed by atoms with Gasteiger partial charge in [-0.2, -0.15) is 5.10 Å². The van der Waals surface area contributed by atoms with Crippen LogP contribution in [0.3, 0.4) is 0 Å². The average Bonchev–Trinajstić information content (AvgIpc) is 2.67. The number of hydrogen-bond acceptors (Lipinski definition) is 2. The number of benzene rings is 3. The van der Waals surface area contributed by atoms with E-state index in [0.29, 0.717) is 5.92 Å². The van der Waals surface area contributed by atoms with Crippen molar-refractivity contribution in [3.63, 3.8) is 0 Å². The lowest BCUT2D eigenvalue weighted by atomic mass is 9.61. The fourth-order valence-electron chi connectivity index (χ4n) is 4.43. The number of rotatable bonds is 2. The highest BCUT2D eigenvalue weighted by Gasteiger charge is 2.40. The Morgan fingerprint density at radius 2 is 1.19 bits per heavy atom. The van der Waals surface area contributed by atoms with Crippen LogP contribution in [-0.2, 0) is 0 Å². The first-order valence-electron chi connectivity index (χ1n) is 8.67. The highest BCUT2D eigenvalue weighted by Crippen LogP contribution is 2.55. The number of hydrogen-bond donors (Lipinski definition) is 2. The lowest BCUT2D eigenvalue weighted by molar-refractivity contribution is 0.754. The molecule has 4 heteroatoms. The van der Waals surface area contributed by atoms with Crippen molar-refractivity contribution in [2.75, 3.05) is 0 Å². The second kappa shape index (κ2) is 5.56. The lowest BCUT2D eigenvalue weighted by Gasteiger charge is -2.42. The average molecular weight is 338 g/mol. The summed E-state index contributed by atoms with van der Waals surface area (Å²) in [5, 5.41) is 7.65. The van der Waals surface area contributed by atoms with E-state index in [1.165, 1.54) is 33.4 Å². The normalized spacial score (nSPS) is 18.9. The smallest absolute Gasteiger partial charge is 0.211 e. The number of nitrogens with two attached hydrogens (primary N) is 2. The van der Waals surface area contributed by atoms with Crippen LogP contribution in [0.2, 0.25) is 0 Å². The van der Waals surface area contributed by atoms with Crippen molar-refractivity contribution < 1.29 is 0 Å². The molecular formula is C22H18N4. The second-order valence-electron chi connectivity index (χ2n) is 6.78. The Labute approximate surface area is 151 Å². The van der Waals surface area contributed by atoms with Crippen molar-refractivity contribution >= 4 is 12.2 Å². The molecular weight excluding hydrogens is 320 g/mol. The molecule has 0 amide bonds. The molecule has 0 fully saturated rings. The summed E-state index contributed by atoms with van der Waals surface area (Å²) in [4.78, 5) is 0. The number of guanidine groups is 1. The van der Waals surface area contributed by atoms with Gasteiger partial charge in [0.25, 0.3) is 0 Å². The molecule has 0 atom stereocenters. The number of nitrogens with zero attached hydrogens (tertiary/aromatic N) is 2. The predicted octanol–water partition coefficient (Wildman–Crippen LogP) is 3.28. The Morgan fingerprint density at radius 1 is 0.692 bits per heavy atom. The molecule has 3 aromatic rings. The first-order chi connectivity index (χ1) is 12.7. The van der Waals surface area contributed by atoms with Crippen LogP contribution in [-0.4, -0.2) is 12.2 Å². The topological polar surface area (TPSA) is 76.8 Å². The third kappa shape index (κ3) is 2.09. The minimum Gasteiger partial charge on any atom is -0.369 e.